The van der Waals surface area contributed by atoms with Gasteiger partial charge in [0.05, 0.1) is 12.7 Å². The Morgan fingerprint density at radius 3 is 2.70 bits per heavy atom. The van der Waals surface area contributed by atoms with Gasteiger partial charge in [0.1, 0.15) is 0 Å². The number of guanidine groups is 1. The van der Waals surface area contributed by atoms with Gasteiger partial charge in [-0.1, -0.05) is 0 Å². The average Bonchev–Trinajstić information content (AvgIpc) is 3.00. The van der Waals surface area contributed by atoms with Gasteiger partial charge in [-0.3, -0.25) is 9.20 Å². The van der Waals surface area contributed by atoms with Crippen LogP contribution in [-0.4, -0.2) is 66.7 Å². The molecule has 1 fully saturated rings. The van der Waals surface area contributed by atoms with E-state index >= 15 is 0 Å². The number of nitrogens with one attached hydrogen (secondary N) is 2. The maximum Gasteiger partial charge on any atom is 0.191 e. The Bertz CT molecular complexity index is 377. The van der Waals surface area contributed by atoms with E-state index in [1.54, 1.807) is 7.05 Å². The lowest BCUT2D eigenvalue weighted by atomic mass is 10.2. The molecule has 0 aromatic carbocycles. The zero-order valence-electron chi connectivity index (χ0n) is 15.0. The van der Waals surface area contributed by atoms with Crippen molar-refractivity contribution in [3.05, 3.63) is 0 Å². The highest BCUT2D eigenvalue weighted by molar-refractivity contribution is 7.86. The number of rotatable bonds is 9. The number of nitrogens with zero attached hydrogens (tertiary/aromatic N) is 1. The normalized spacial score (nSPS) is 20.5. The van der Waals surface area contributed by atoms with Crippen LogP contribution in [0.2, 0.25) is 0 Å². The molecule has 1 aliphatic rings. The molecule has 1 saturated heterocycles. The van der Waals surface area contributed by atoms with E-state index in [9.17, 15) is 4.21 Å². The molecule has 0 radical (unpaired) electrons. The number of ether oxygens (including phenoxy) is 2. The van der Waals surface area contributed by atoms with E-state index < -0.39 is 10.8 Å². The molecule has 0 saturated carbocycles. The Hall–Kier alpha value is -0.660. The highest BCUT2D eigenvalue weighted by atomic mass is 32.2. The Morgan fingerprint density at radius 1 is 1.35 bits per heavy atom. The molecule has 0 aromatic rings. The van der Waals surface area contributed by atoms with Crippen LogP contribution in [0.3, 0.4) is 0 Å². The minimum absolute atomic E-state index is 0.168. The summed E-state index contributed by atoms with van der Waals surface area (Å²) in [4.78, 5) is 4.16. The van der Waals surface area contributed by atoms with E-state index in [0.717, 1.165) is 45.0 Å². The van der Waals surface area contributed by atoms with Crippen molar-refractivity contribution in [2.45, 2.75) is 50.9 Å². The number of hydrogen-bond donors (Lipinski definition) is 2. The first-order valence-electron chi connectivity index (χ1n) is 8.46. The summed E-state index contributed by atoms with van der Waals surface area (Å²) >= 11 is 0. The standard InChI is InChI=1S/C16H33N3O3S/c1-16(2,3)23(20)12-9-19-15(17-4)18-8-6-10-21-13-14-7-5-11-22-14/h14H,5-13H2,1-4H3,(H2,17,18,19). The van der Waals surface area contributed by atoms with Crippen LogP contribution in [0.5, 0.6) is 0 Å². The highest BCUT2D eigenvalue weighted by Gasteiger charge is 2.18. The van der Waals surface area contributed by atoms with E-state index in [1.807, 2.05) is 20.8 Å². The third-order valence-corrected chi connectivity index (χ3v) is 5.51. The predicted molar refractivity (Wildman–Crippen MR) is 96.5 cm³/mol. The molecule has 1 rings (SSSR count). The van der Waals surface area contributed by atoms with Crippen LogP contribution in [0.1, 0.15) is 40.0 Å². The second-order valence-electron chi connectivity index (χ2n) is 6.65. The lowest BCUT2D eigenvalue weighted by Crippen LogP contribution is -2.40. The SMILES string of the molecule is CN=C(NCCCOCC1CCCO1)NCCS(=O)C(C)(C)C. The molecule has 0 aliphatic carbocycles. The smallest absolute Gasteiger partial charge is 0.191 e. The molecule has 0 aromatic heterocycles. The predicted octanol–water partition coefficient (Wildman–Crippen LogP) is 1.28. The lowest BCUT2D eigenvalue weighted by molar-refractivity contribution is 0.0168. The van der Waals surface area contributed by atoms with Crippen molar-refractivity contribution in [1.82, 2.24) is 10.6 Å². The van der Waals surface area contributed by atoms with Gasteiger partial charge >= 0.3 is 0 Å². The first-order chi connectivity index (χ1) is 10.9. The second kappa shape index (κ2) is 11.0. The third-order valence-electron chi connectivity index (χ3n) is 3.57. The van der Waals surface area contributed by atoms with Gasteiger partial charge in [-0.25, -0.2) is 0 Å². The van der Waals surface area contributed by atoms with Crippen molar-refractivity contribution in [2.75, 3.05) is 45.7 Å². The Balaban J connectivity index is 2.02. The third kappa shape index (κ3) is 9.27. The summed E-state index contributed by atoms with van der Waals surface area (Å²) in [5.41, 5.74) is 0. The molecular formula is C16H33N3O3S. The topological polar surface area (TPSA) is 72.0 Å². The fraction of sp³-hybridized carbons (Fsp3) is 0.938. The molecule has 6 nitrogen and oxygen atoms in total. The monoisotopic (exact) mass is 347 g/mol. The summed E-state index contributed by atoms with van der Waals surface area (Å²) in [5, 5.41) is 6.43. The van der Waals surface area contributed by atoms with E-state index in [1.165, 1.54) is 0 Å². The van der Waals surface area contributed by atoms with Crippen molar-refractivity contribution in [2.24, 2.45) is 4.99 Å². The van der Waals surface area contributed by atoms with Crippen LogP contribution in [-0.2, 0) is 20.3 Å². The minimum atomic E-state index is -0.844. The van der Waals surface area contributed by atoms with Crippen LogP contribution in [0, 0.1) is 0 Å². The van der Waals surface area contributed by atoms with E-state index in [2.05, 4.69) is 15.6 Å². The molecule has 7 heteroatoms. The van der Waals surface area contributed by atoms with Gasteiger partial charge in [0, 0.05) is 54.7 Å². The summed E-state index contributed by atoms with van der Waals surface area (Å²) in [7, 11) is 0.896. The molecule has 2 N–H and O–H groups in total. The Kier molecular flexibility index (Phi) is 9.74. The van der Waals surface area contributed by atoms with E-state index in [0.29, 0.717) is 25.0 Å². The Labute approximate surface area is 143 Å². The van der Waals surface area contributed by atoms with Gasteiger partial charge in [-0.15, -0.1) is 0 Å². The van der Waals surface area contributed by atoms with Crippen LogP contribution in [0.15, 0.2) is 4.99 Å². The van der Waals surface area contributed by atoms with Gasteiger partial charge in [-0.05, 0) is 40.0 Å². The zero-order chi connectivity index (χ0) is 17.1. The largest absolute Gasteiger partial charge is 0.379 e. The van der Waals surface area contributed by atoms with Crippen LogP contribution in [0.25, 0.3) is 0 Å². The van der Waals surface area contributed by atoms with Crippen molar-refractivity contribution in [3.8, 4) is 0 Å². The first kappa shape index (κ1) is 20.4. The maximum atomic E-state index is 12.0. The fourth-order valence-electron chi connectivity index (χ4n) is 2.16. The van der Waals surface area contributed by atoms with Crippen molar-refractivity contribution in [3.63, 3.8) is 0 Å². The van der Waals surface area contributed by atoms with Crippen molar-refractivity contribution in [1.29, 1.82) is 0 Å². The second-order valence-corrected chi connectivity index (χ2v) is 8.98. The first-order valence-corrected chi connectivity index (χ1v) is 9.77. The summed E-state index contributed by atoms with van der Waals surface area (Å²) < 4.78 is 22.9. The molecule has 1 heterocycles. The molecule has 0 spiro atoms. The van der Waals surface area contributed by atoms with E-state index in [-0.39, 0.29) is 4.75 Å². The van der Waals surface area contributed by atoms with Crippen molar-refractivity contribution < 1.29 is 13.7 Å². The molecule has 23 heavy (non-hydrogen) atoms. The van der Waals surface area contributed by atoms with Gasteiger partial charge in [0.25, 0.3) is 0 Å². The van der Waals surface area contributed by atoms with Gasteiger partial charge in [-0.2, -0.15) is 0 Å². The summed E-state index contributed by atoms with van der Waals surface area (Å²) in [5.74, 6) is 1.37. The van der Waals surface area contributed by atoms with Gasteiger partial charge in [0.15, 0.2) is 5.96 Å². The average molecular weight is 348 g/mol. The highest BCUT2D eigenvalue weighted by Crippen LogP contribution is 2.12. The summed E-state index contributed by atoms with van der Waals surface area (Å²) in [6.45, 7) is 9.72. The van der Waals surface area contributed by atoms with E-state index in [4.69, 9.17) is 9.47 Å². The molecule has 0 bridgehead atoms. The molecular weight excluding hydrogens is 314 g/mol. The molecule has 2 atom stereocenters. The molecule has 136 valence electrons. The quantitative estimate of drug-likeness (QED) is 0.373. The van der Waals surface area contributed by atoms with Crippen molar-refractivity contribution >= 4 is 16.8 Å². The molecule has 0 amide bonds. The summed E-state index contributed by atoms with van der Waals surface area (Å²) in [6, 6.07) is 0. The van der Waals surface area contributed by atoms with Crippen LogP contribution in [0.4, 0.5) is 0 Å². The lowest BCUT2D eigenvalue weighted by Gasteiger charge is -2.18. The molecule has 2 unspecified atom stereocenters. The summed E-state index contributed by atoms with van der Waals surface area (Å²) in [6.07, 6.45) is 3.48. The van der Waals surface area contributed by atoms with Gasteiger partial charge in [0.2, 0.25) is 0 Å². The van der Waals surface area contributed by atoms with Crippen LogP contribution < -0.4 is 10.6 Å². The molecule has 1 aliphatic heterocycles. The zero-order valence-corrected chi connectivity index (χ0v) is 15.8. The van der Waals surface area contributed by atoms with Crippen LogP contribution >= 0.6 is 0 Å². The van der Waals surface area contributed by atoms with Gasteiger partial charge < -0.3 is 20.1 Å². The maximum absolute atomic E-state index is 12.0. The number of hydrogen-bond acceptors (Lipinski definition) is 4. The minimum Gasteiger partial charge on any atom is -0.379 e. The Morgan fingerprint density at radius 2 is 2.09 bits per heavy atom. The number of aliphatic imine (C=N–C) groups is 1. The fourth-order valence-corrected chi connectivity index (χ4v) is 3.06.